The van der Waals surface area contributed by atoms with E-state index in [2.05, 4.69) is 87.8 Å². The van der Waals surface area contributed by atoms with Crippen LogP contribution >= 0.6 is 0 Å². The first-order valence-corrected chi connectivity index (χ1v) is 14.4. The van der Waals surface area contributed by atoms with Crippen molar-refractivity contribution in [1.29, 1.82) is 0 Å². The summed E-state index contributed by atoms with van der Waals surface area (Å²) in [6.45, 7) is 16.0. The Morgan fingerprint density at radius 1 is 1.28 bits per heavy atom. The molecule has 0 bridgehead atoms. The van der Waals surface area contributed by atoms with Gasteiger partial charge in [-0.05, 0) is 87.4 Å². The molecule has 1 fully saturated rings. The van der Waals surface area contributed by atoms with Crippen molar-refractivity contribution >= 4 is 11.3 Å². The highest BCUT2D eigenvalue weighted by Gasteiger charge is 2.28. The second-order valence-corrected chi connectivity index (χ2v) is 11.0. The zero-order chi connectivity index (χ0) is 27.9. The van der Waals surface area contributed by atoms with Crippen LogP contribution in [0.1, 0.15) is 71.8 Å². The van der Waals surface area contributed by atoms with E-state index in [0.29, 0.717) is 5.92 Å². The van der Waals surface area contributed by atoms with Gasteiger partial charge in [-0.3, -0.25) is 0 Å². The van der Waals surface area contributed by atoms with Crippen LogP contribution in [0.25, 0.3) is 5.57 Å². The number of hydrogen-bond donors (Lipinski definition) is 0. The molecule has 3 heterocycles. The smallest absolute Gasteiger partial charge is 0.130 e. The summed E-state index contributed by atoms with van der Waals surface area (Å²) in [6, 6.07) is 6.32. The van der Waals surface area contributed by atoms with E-state index in [9.17, 15) is 0 Å². The molecule has 1 unspecified atom stereocenters. The maximum atomic E-state index is 6.46. The lowest BCUT2D eigenvalue weighted by Crippen LogP contribution is -2.22. The Hall–Kier alpha value is -3.18. The number of benzene rings is 1. The normalized spacial score (nSPS) is 22.5. The van der Waals surface area contributed by atoms with Crippen LogP contribution in [0.2, 0.25) is 0 Å². The molecule has 0 amide bonds. The van der Waals surface area contributed by atoms with E-state index >= 15 is 0 Å². The number of rotatable bonds is 8. The lowest BCUT2D eigenvalue weighted by molar-refractivity contribution is 0.180. The Kier molecular flexibility index (Phi) is 9.79. The van der Waals surface area contributed by atoms with Gasteiger partial charge in [-0.15, -0.1) is 0 Å². The maximum Gasteiger partial charge on any atom is 0.130 e. The summed E-state index contributed by atoms with van der Waals surface area (Å²) >= 11 is 0. The second kappa shape index (κ2) is 13.3. The fraction of sp³-hybridized carbons (Fsp3) is 0.471. The van der Waals surface area contributed by atoms with E-state index in [1.54, 1.807) is 7.11 Å². The van der Waals surface area contributed by atoms with Crippen molar-refractivity contribution in [2.75, 3.05) is 38.8 Å². The average Bonchev–Trinajstić information content (AvgIpc) is 3.33. The predicted molar refractivity (Wildman–Crippen MR) is 162 cm³/mol. The zero-order valence-corrected chi connectivity index (χ0v) is 24.8. The first-order chi connectivity index (χ1) is 18.8. The molecule has 5 nitrogen and oxygen atoms in total. The van der Waals surface area contributed by atoms with Crippen LogP contribution in [0.4, 0.5) is 5.69 Å². The SMILES string of the molecule is C=C1/C(=C\N(C)CC2CCOC2)C/C(=C(/C)C2=C(C)CCC=C(C)O2)N(/C=C/CCC)c2ccc(OC)cc21. The Bertz CT molecular complexity index is 1210. The number of nitrogens with zero attached hydrogens (tertiary/aromatic N) is 2. The largest absolute Gasteiger partial charge is 0.497 e. The van der Waals surface area contributed by atoms with Crippen LogP contribution in [-0.4, -0.2) is 38.8 Å². The number of hydrogen-bond acceptors (Lipinski definition) is 5. The van der Waals surface area contributed by atoms with Crippen molar-refractivity contribution in [3.05, 3.63) is 88.8 Å². The van der Waals surface area contributed by atoms with Crippen LogP contribution in [0.5, 0.6) is 5.75 Å². The van der Waals surface area contributed by atoms with Crippen LogP contribution in [0.15, 0.2) is 83.3 Å². The monoisotopic (exact) mass is 530 g/mol. The minimum Gasteiger partial charge on any atom is -0.497 e. The van der Waals surface area contributed by atoms with Crippen LogP contribution in [0, 0.1) is 5.92 Å². The van der Waals surface area contributed by atoms with E-state index in [0.717, 1.165) is 97.9 Å². The summed E-state index contributed by atoms with van der Waals surface area (Å²) in [6.07, 6.45) is 15.0. The summed E-state index contributed by atoms with van der Waals surface area (Å²) in [5.74, 6) is 3.35. The van der Waals surface area contributed by atoms with Crippen LogP contribution in [0.3, 0.4) is 0 Å². The third kappa shape index (κ3) is 6.88. The minimum absolute atomic E-state index is 0.561. The van der Waals surface area contributed by atoms with Gasteiger partial charge in [-0.25, -0.2) is 0 Å². The van der Waals surface area contributed by atoms with Gasteiger partial charge in [0.05, 0.1) is 25.2 Å². The van der Waals surface area contributed by atoms with E-state index < -0.39 is 0 Å². The Morgan fingerprint density at radius 2 is 2.10 bits per heavy atom. The van der Waals surface area contributed by atoms with Crippen molar-refractivity contribution in [2.45, 2.75) is 66.2 Å². The van der Waals surface area contributed by atoms with Gasteiger partial charge in [0.25, 0.3) is 0 Å². The van der Waals surface area contributed by atoms with Crippen molar-refractivity contribution in [1.82, 2.24) is 4.90 Å². The van der Waals surface area contributed by atoms with Crippen molar-refractivity contribution in [2.24, 2.45) is 5.92 Å². The highest BCUT2D eigenvalue weighted by molar-refractivity contribution is 5.89. The number of ether oxygens (including phenoxy) is 3. The molecular formula is C34H46N2O3. The van der Waals surface area contributed by atoms with E-state index in [4.69, 9.17) is 14.2 Å². The van der Waals surface area contributed by atoms with Gasteiger partial charge in [0.1, 0.15) is 11.5 Å². The van der Waals surface area contributed by atoms with Gasteiger partial charge in [0.15, 0.2) is 0 Å². The number of fused-ring (bicyclic) bond motifs is 1. The molecule has 1 saturated heterocycles. The molecule has 1 atom stereocenters. The highest BCUT2D eigenvalue weighted by Crippen LogP contribution is 2.44. The third-order valence-electron chi connectivity index (χ3n) is 7.86. The van der Waals surface area contributed by atoms with E-state index in [1.807, 2.05) is 6.07 Å². The van der Waals surface area contributed by atoms with Gasteiger partial charge >= 0.3 is 0 Å². The highest BCUT2D eigenvalue weighted by atomic mass is 16.5. The molecule has 39 heavy (non-hydrogen) atoms. The fourth-order valence-corrected chi connectivity index (χ4v) is 5.61. The summed E-state index contributed by atoms with van der Waals surface area (Å²) in [5, 5.41) is 0. The Labute approximate surface area is 235 Å². The molecule has 3 aliphatic heterocycles. The predicted octanol–water partition coefficient (Wildman–Crippen LogP) is 8.35. The number of anilines is 1. The van der Waals surface area contributed by atoms with Gasteiger partial charge in [0.2, 0.25) is 0 Å². The number of unbranched alkanes of at least 4 members (excludes halogenated alkanes) is 1. The van der Waals surface area contributed by atoms with Crippen molar-refractivity contribution < 1.29 is 14.2 Å². The maximum absolute atomic E-state index is 6.46. The van der Waals surface area contributed by atoms with Gasteiger partial charge in [-0.1, -0.05) is 26.0 Å². The Balaban J connectivity index is 1.88. The fourth-order valence-electron chi connectivity index (χ4n) is 5.61. The average molecular weight is 531 g/mol. The van der Waals surface area contributed by atoms with E-state index in [1.165, 1.54) is 16.8 Å². The molecule has 1 aromatic rings. The molecule has 0 aromatic heterocycles. The third-order valence-corrected chi connectivity index (χ3v) is 7.86. The van der Waals surface area contributed by atoms with E-state index in [-0.39, 0.29) is 0 Å². The molecular weight excluding hydrogens is 484 g/mol. The molecule has 0 aliphatic carbocycles. The molecule has 210 valence electrons. The Morgan fingerprint density at radius 3 is 2.82 bits per heavy atom. The molecule has 5 heteroatoms. The molecule has 3 aliphatic rings. The minimum atomic E-state index is 0.561. The topological polar surface area (TPSA) is 34.2 Å². The van der Waals surface area contributed by atoms with Crippen LogP contribution < -0.4 is 9.64 Å². The first-order valence-electron chi connectivity index (χ1n) is 14.4. The molecule has 0 spiro atoms. The molecule has 4 rings (SSSR count). The van der Waals surface area contributed by atoms with Crippen LogP contribution in [-0.2, 0) is 9.47 Å². The standard InChI is InChI=1S/C34H46N2O3/c1-8-9-10-17-36-32-15-14-30(37-7)20-31(32)26(4)29(22-35(6)21-28-16-18-38-23-28)19-33(36)27(5)34-24(2)12-11-13-25(3)39-34/h10,13-15,17,20,22,28H,4,8-9,11-12,16,18-19,21,23H2,1-3,5-7H3/b17-10+,29-22-,33-27+. The van der Waals surface area contributed by atoms with Crippen molar-refractivity contribution in [3.63, 3.8) is 0 Å². The van der Waals surface area contributed by atoms with Gasteiger partial charge in [-0.2, -0.15) is 0 Å². The molecule has 1 aromatic carbocycles. The second-order valence-electron chi connectivity index (χ2n) is 11.0. The quantitative estimate of drug-likeness (QED) is 0.337. The van der Waals surface area contributed by atoms with Gasteiger partial charge in [0, 0.05) is 61.8 Å². The molecule has 0 saturated carbocycles. The molecule has 0 N–H and O–H groups in total. The summed E-state index contributed by atoms with van der Waals surface area (Å²) < 4.78 is 17.7. The first kappa shape index (κ1) is 28.8. The lowest BCUT2D eigenvalue weighted by atomic mass is 9.95. The lowest BCUT2D eigenvalue weighted by Gasteiger charge is -2.27. The molecule has 0 radical (unpaired) electrons. The summed E-state index contributed by atoms with van der Waals surface area (Å²) in [4.78, 5) is 4.67. The number of methoxy groups -OCH3 is 1. The zero-order valence-electron chi connectivity index (χ0n) is 24.8. The summed E-state index contributed by atoms with van der Waals surface area (Å²) in [7, 11) is 3.89. The summed E-state index contributed by atoms with van der Waals surface area (Å²) in [5.41, 5.74) is 8.08. The van der Waals surface area contributed by atoms with Gasteiger partial charge < -0.3 is 24.0 Å². The number of allylic oxidation sites excluding steroid dienone is 7. The van der Waals surface area contributed by atoms with Crippen molar-refractivity contribution in [3.8, 4) is 5.75 Å².